The van der Waals surface area contributed by atoms with E-state index in [1.165, 1.54) is 10.1 Å². The molecule has 0 saturated heterocycles. The lowest BCUT2D eigenvalue weighted by Gasteiger charge is -2.07. The second-order valence-electron chi connectivity index (χ2n) is 6.92. The zero-order chi connectivity index (χ0) is 20.1. The van der Waals surface area contributed by atoms with E-state index in [0.717, 1.165) is 31.2 Å². The molecule has 0 saturated carbocycles. The van der Waals surface area contributed by atoms with E-state index < -0.39 is 11.2 Å². The van der Waals surface area contributed by atoms with E-state index in [-0.39, 0.29) is 0 Å². The fourth-order valence-electron chi connectivity index (χ4n) is 3.05. The Labute approximate surface area is 162 Å². The van der Waals surface area contributed by atoms with Crippen LogP contribution in [-0.2, 0) is 13.6 Å². The van der Waals surface area contributed by atoms with Gasteiger partial charge in [0.25, 0.3) is 5.56 Å². The van der Waals surface area contributed by atoms with Gasteiger partial charge in [-0.1, -0.05) is 56.0 Å². The molecule has 0 atom stereocenters. The minimum Gasteiger partial charge on any atom is -0.303 e. The number of H-pyrrole nitrogens is 1. The zero-order valence-electron chi connectivity index (χ0n) is 16.5. The second-order valence-corrected chi connectivity index (χ2v) is 6.92. The average molecular weight is 382 g/mol. The van der Waals surface area contributed by atoms with Crippen LogP contribution in [0.5, 0.6) is 0 Å². The highest BCUT2D eigenvalue weighted by Crippen LogP contribution is 2.17. The molecule has 2 N–H and O–H groups in total. The Bertz CT molecular complexity index is 1090. The molecular formula is C20H26N6O2. The molecule has 3 rings (SSSR count). The molecule has 8 heteroatoms. The Kier molecular flexibility index (Phi) is 6.08. The van der Waals surface area contributed by atoms with Crippen LogP contribution in [0.4, 0.5) is 5.95 Å². The number of fused-ring (bicyclic) bond motifs is 1. The largest absolute Gasteiger partial charge is 0.329 e. The third kappa shape index (κ3) is 4.21. The fourth-order valence-corrected chi connectivity index (χ4v) is 3.05. The van der Waals surface area contributed by atoms with E-state index >= 15 is 0 Å². The number of unbranched alkanes of at least 4 members (excludes halogenated alkanes) is 3. The van der Waals surface area contributed by atoms with Gasteiger partial charge in [0.1, 0.15) is 0 Å². The molecular weight excluding hydrogens is 356 g/mol. The lowest BCUT2D eigenvalue weighted by atomic mass is 10.2. The molecule has 0 amide bonds. The molecule has 1 aromatic carbocycles. The summed E-state index contributed by atoms with van der Waals surface area (Å²) in [7, 11) is 1.59. The van der Waals surface area contributed by atoms with Gasteiger partial charge in [-0.2, -0.15) is 10.1 Å². The quantitative estimate of drug-likeness (QED) is 0.356. The van der Waals surface area contributed by atoms with Crippen molar-refractivity contribution in [3.05, 3.63) is 56.2 Å². The molecule has 2 heterocycles. The van der Waals surface area contributed by atoms with Gasteiger partial charge in [-0.15, -0.1) is 0 Å². The van der Waals surface area contributed by atoms with Crippen molar-refractivity contribution in [3.63, 3.8) is 0 Å². The molecule has 0 radical (unpaired) electrons. The molecule has 148 valence electrons. The van der Waals surface area contributed by atoms with Crippen molar-refractivity contribution in [2.24, 2.45) is 12.1 Å². The van der Waals surface area contributed by atoms with Crippen molar-refractivity contribution < 1.29 is 0 Å². The third-order valence-electron chi connectivity index (χ3n) is 4.70. The number of aryl methyl sites for hydroxylation is 3. The van der Waals surface area contributed by atoms with Crippen LogP contribution >= 0.6 is 0 Å². The molecule has 0 aliphatic carbocycles. The lowest BCUT2D eigenvalue weighted by molar-refractivity contribution is 0.593. The normalized spacial score (nSPS) is 11.5. The van der Waals surface area contributed by atoms with Gasteiger partial charge in [-0.25, -0.2) is 10.2 Å². The summed E-state index contributed by atoms with van der Waals surface area (Å²) < 4.78 is 3.14. The van der Waals surface area contributed by atoms with E-state index in [1.807, 2.05) is 31.2 Å². The number of benzene rings is 1. The standard InChI is InChI=1S/C20H26N6O2/c1-4-5-6-7-12-26-16-17(25(3)20(28)23-18(16)27)22-19(26)24-21-13-15-10-8-14(2)9-11-15/h8-11,13H,4-7,12H2,1-3H3,(H,22,24)(H,23,27,28)/b21-13-. The van der Waals surface area contributed by atoms with Gasteiger partial charge >= 0.3 is 5.69 Å². The number of nitrogens with one attached hydrogen (secondary N) is 2. The molecule has 0 spiro atoms. The van der Waals surface area contributed by atoms with Crippen molar-refractivity contribution in [2.75, 3.05) is 5.43 Å². The van der Waals surface area contributed by atoms with Crippen LogP contribution in [0.2, 0.25) is 0 Å². The number of hydrogen-bond donors (Lipinski definition) is 2. The highest BCUT2D eigenvalue weighted by atomic mass is 16.2. The smallest absolute Gasteiger partial charge is 0.303 e. The Balaban J connectivity index is 1.93. The predicted molar refractivity (Wildman–Crippen MR) is 112 cm³/mol. The number of nitrogens with zero attached hydrogens (tertiary/aromatic N) is 4. The highest BCUT2D eigenvalue weighted by molar-refractivity contribution is 5.80. The van der Waals surface area contributed by atoms with E-state index in [2.05, 4.69) is 27.4 Å². The van der Waals surface area contributed by atoms with Crippen LogP contribution in [0.25, 0.3) is 11.2 Å². The first-order chi connectivity index (χ1) is 13.5. The molecule has 0 unspecified atom stereocenters. The fraction of sp³-hybridized carbons (Fsp3) is 0.400. The number of aromatic amines is 1. The number of rotatable bonds is 8. The van der Waals surface area contributed by atoms with E-state index in [4.69, 9.17) is 0 Å². The van der Waals surface area contributed by atoms with Gasteiger partial charge in [-0.3, -0.25) is 14.3 Å². The number of anilines is 1. The lowest BCUT2D eigenvalue weighted by Crippen LogP contribution is -2.29. The summed E-state index contributed by atoms with van der Waals surface area (Å²) >= 11 is 0. The van der Waals surface area contributed by atoms with Gasteiger partial charge in [-0.05, 0) is 18.9 Å². The first-order valence-corrected chi connectivity index (χ1v) is 9.56. The Morgan fingerprint density at radius 3 is 2.64 bits per heavy atom. The van der Waals surface area contributed by atoms with Crippen LogP contribution in [-0.4, -0.2) is 25.3 Å². The van der Waals surface area contributed by atoms with Crippen molar-refractivity contribution in [3.8, 4) is 0 Å². The third-order valence-corrected chi connectivity index (χ3v) is 4.70. The van der Waals surface area contributed by atoms with Crippen molar-refractivity contribution in [1.29, 1.82) is 0 Å². The topological polar surface area (TPSA) is 97.1 Å². The minimum absolute atomic E-state index is 0.345. The van der Waals surface area contributed by atoms with E-state index in [9.17, 15) is 9.59 Å². The van der Waals surface area contributed by atoms with Gasteiger partial charge < -0.3 is 4.57 Å². The van der Waals surface area contributed by atoms with Crippen molar-refractivity contribution in [1.82, 2.24) is 19.1 Å². The van der Waals surface area contributed by atoms with Crippen LogP contribution in [0, 0.1) is 6.92 Å². The Morgan fingerprint density at radius 1 is 1.18 bits per heavy atom. The SMILES string of the molecule is CCCCCCn1c(N/N=C\c2ccc(C)cc2)nc2c1c(=O)[nH]c(=O)n2C. The monoisotopic (exact) mass is 382 g/mol. The molecule has 28 heavy (non-hydrogen) atoms. The first-order valence-electron chi connectivity index (χ1n) is 9.56. The summed E-state index contributed by atoms with van der Waals surface area (Å²) in [4.78, 5) is 31.1. The zero-order valence-corrected chi connectivity index (χ0v) is 16.5. The average Bonchev–Trinajstić information content (AvgIpc) is 3.04. The highest BCUT2D eigenvalue weighted by Gasteiger charge is 2.16. The van der Waals surface area contributed by atoms with Gasteiger partial charge in [0.2, 0.25) is 5.95 Å². The Morgan fingerprint density at radius 2 is 1.93 bits per heavy atom. The maximum absolute atomic E-state index is 12.4. The summed E-state index contributed by atoms with van der Waals surface area (Å²) in [5, 5.41) is 4.27. The maximum atomic E-state index is 12.4. The molecule has 8 nitrogen and oxygen atoms in total. The minimum atomic E-state index is -0.483. The Hall–Kier alpha value is -3.16. The van der Waals surface area contributed by atoms with E-state index in [1.54, 1.807) is 17.8 Å². The van der Waals surface area contributed by atoms with Gasteiger partial charge in [0.15, 0.2) is 11.2 Å². The van der Waals surface area contributed by atoms with Crippen LogP contribution in [0.15, 0.2) is 39.0 Å². The van der Waals surface area contributed by atoms with Gasteiger partial charge in [0, 0.05) is 13.6 Å². The van der Waals surface area contributed by atoms with E-state index in [0.29, 0.717) is 23.7 Å². The molecule has 0 fully saturated rings. The summed E-state index contributed by atoms with van der Waals surface area (Å²) in [6.45, 7) is 4.81. The van der Waals surface area contributed by atoms with Crippen molar-refractivity contribution in [2.45, 2.75) is 46.1 Å². The summed E-state index contributed by atoms with van der Waals surface area (Å²) in [5.74, 6) is 0.446. The maximum Gasteiger partial charge on any atom is 0.329 e. The van der Waals surface area contributed by atoms with Crippen molar-refractivity contribution >= 4 is 23.3 Å². The summed E-state index contributed by atoms with van der Waals surface area (Å²) in [6.07, 6.45) is 5.94. The van der Waals surface area contributed by atoms with Crippen LogP contribution < -0.4 is 16.7 Å². The molecule has 0 bridgehead atoms. The number of hydrogen-bond acceptors (Lipinski definition) is 5. The molecule has 2 aromatic heterocycles. The van der Waals surface area contributed by atoms with Crippen LogP contribution in [0.1, 0.15) is 43.7 Å². The summed E-state index contributed by atoms with van der Waals surface area (Å²) in [5.41, 5.74) is 4.87. The van der Waals surface area contributed by atoms with Crippen LogP contribution in [0.3, 0.4) is 0 Å². The molecule has 0 aliphatic heterocycles. The first kappa shape index (κ1) is 19.6. The summed E-state index contributed by atoms with van der Waals surface area (Å²) in [6, 6.07) is 7.98. The molecule has 3 aromatic rings. The van der Waals surface area contributed by atoms with Gasteiger partial charge in [0.05, 0.1) is 6.21 Å². The number of aromatic nitrogens is 4. The second kappa shape index (κ2) is 8.69. The number of imidazole rings is 1. The predicted octanol–water partition coefficient (Wildman–Crippen LogP) is 2.76. The number of hydrazone groups is 1. The molecule has 0 aliphatic rings.